The molecule has 0 unspecified atom stereocenters. The van der Waals surface area contributed by atoms with Crippen molar-refractivity contribution in [1.82, 2.24) is 0 Å². The third-order valence-corrected chi connectivity index (χ3v) is 4.63. The summed E-state index contributed by atoms with van der Waals surface area (Å²) in [6.45, 7) is 5.95. The van der Waals surface area contributed by atoms with Crippen molar-refractivity contribution in [1.29, 1.82) is 0 Å². The lowest BCUT2D eigenvalue weighted by Crippen LogP contribution is -2.21. The van der Waals surface area contributed by atoms with Gasteiger partial charge >= 0.3 is 0 Å². The monoisotopic (exact) mass is 148 g/mol. The Kier molecular flexibility index (Phi) is 4.11. The molecule has 9 heavy (non-hydrogen) atoms. The van der Waals surface area contributed by atoms with Gasteiger partial charge in [0.15, 0.2) is 0 Å². The molecule has 0 heterocycles. The highest BCUT2D eigenvalue weighted by molar-refractivity contribution is 6.71. The van der Waals surface area contributed by atoms with Crippen molar-refractivity contribution < 1.29 is 4.11 Å². The zero-order valence-corrected chi connectivity index (χ0v) is 7.71. The Bertz CT molecular complexity index is 63.3. The number of hydrogen-bond donors (Lipinski definition) is 0. The van der Waals surface area contributed by atoms with E-state index in [4.69, 9.17) is 0 Å². The molecule has 0 atom stereocenters. The SMILES string of the molecule is CCC[Si](C)(F)CCC. The summed E-state index contributed by atoms with van der Waals surface area (Å²) in [4.78, 5) is 0. The van der Waals surface area contributed by atoms with Gasteiger partial charge < -0.3 is 4.11 Å². The standard InChI is InChI=1S/C7H17FSi/c1-4-6-9(3,8)7-5-2/h4-7H2,1-3H3. The number of rotatable bonds is 4. The molecule has 0 bridgehead atoms. The Morgan fingerprint density at radius 1 is 1.11 bits per heavy atom. The summed E-state index contributed by atoms with van der Waals surface area (Å²) in [7, 11) is -2.20. The van der Waals surface area contributed by atoms with Crippen molar-refractivity contribution in [2.24, 2.45) is 0 Å². The van der Waals surface area contributed by atoms with Crippen LogP contribution >= 0.6 is 0 Å². The molecule has 0 aliphatic carbocycles. The topological polar surface area (TPSA) is 0 Å². The predicted octanol–water partition coefficient (Wildman–Crippen LogP) is 3.35. The van der Waals surface area contributed by atoms with E-state index in [1.165, 1.54) is 0 Å². The van der Waals surface area contributed by atoms with Gasteiger partial charge in [0.1, 0.15) is 0 Å². The second kappa shape index (κ2) is 4.04. The second-order valence-corrected chi connectivity index (χ2v) is 6.74. The first-order chi connectivity index (χ1) is 4.12. The van der Waals surface area contributed by atoms with Crippen LogP contribution in [0.5, 0.6) is 0 Å². The molecule has 0 N–H and O–H groups in total. The smallest absolute Gasteiger partial charge is 0.243 e. The minimum atomic E-state index is -2.20. The Morgan fingerprint density at radius 3 is 1.67 bits per heavy atom. The fourth-order valence-electron chi connectivity index (χ4n) is 1.17. The minimum Gasteiger partial charge on any atom is -0.314 e. The van der Waals surface area contributed by atoms with Gasteiger partial charge in [-0.25, -0.2) is 0 Å². The second-order valence-electron chi connectivity index (χ2n) is 2.91. The van der Waals surface area contributed by atoms with Crippen LogP contribution in [0.25, 0.3) is 0 Å². The predicted molar refractivity (Wildman–Crippen MR) is 42.9 cm³/mol. The summed E-state index contributed by atoms with van der Waals surface area (Å²) in [6.07, 6.45) is 2.03. The van der Waals surface area contributed by atoms with Crippen LogP contribution in [0.4, 0.5) is 4.11 Å². The van der Waals surface area contributed by atoms with Crippen LogP contribution in [0, 0.1) is 0 Å². The Balaban J connectivity index is 3.43. The molecular weight excluding hydrogens is 131 g/mol. The zero-order valence-electron chi connectivity index (χ0n) is 6.71. The van der Waals surface area contributed by atoms with Gasteiger partial charge in [-0.05, 0) is 18.6 Å². The van der Waals surface area contributed by atoms with Crippen molar-refractivity contribution in [2.75, 3.05) is 0 Å². The fourth-order valence-corrected chi connectivity index (χ4v) is 3.50. The minimum absolute atomic E-state index is 0.848. The van der Waals surface area contributed by atoms with E-state index in [9.17, 15) is 4.11 Å². The van der Waals surface area contributed by atoms with Crippen molar-refractivity contribution in [3.63, 3.8) is 0 Å². The van der Waals surface area contributed by atoms with Crippen LogP contribution in [-0.4, -0.2) is 8.41 Å². The van der Waals surface area contributed by atoms with Crippen molar-refractivity contribution in [3.05, 3.63) is 0 Å². The van der Waals surface area contributed by atoms with E-state index >= 15 is 0 Å². The van der Waals surface area contributed by atoms with Crippen LogP contribution in [-0.2, 0) is 0 Å². The number of halogens is 1. The average molecular weight is 148 g/mol. The normalized spacial score (nSPS) is 12.0. The summed E-state index contributed by atoms with van der Waals surface area (Å²) in [6, 6.07) is 1.70. The summed E-state index contributed by atoms with van der Waals surface area (Å²) < 4.78 is 13.2. The molecule has 0 amide bonds. The first kappa shape index (κ1) is 9.15. The van der Waals surface area contributed by atoms with Crippen molar-refractivity contribution in [2.45, 2.75) is 45.3 Å². The van der Waals surface area contributed by atoms with Gasteiger partial charge in [0.2, 0.25) is 8.41 Å². The molecule has 2 heteroatoms. The van der Waals surface area contributed by atoms with Crippen molar-refractivity contribution in [3.8, 4) is 0 Å². The molecular formula is C7H17FSi. The van der Waals surface area contributed by atoms with E-state index in [0.29, 0.717) is 0 Å². The first-order valence-electron chi connectivity index (χ1n) is 3.81. The summed E-state index contributed by atoms with van der Waals surface area (Å²) >= 11 is 0. The molecule has 56 valence electrons. The Morgan fingerprint density at radius 2 is 1.44 bits per heavy atom. The molecule has 0 saturated carbocycles. The van der Waals surface area contributed by atoms with Crippen LogP contribution in [0.1, 0.15) is 26.7 Å². The third-order valence-electron chi connectivity index (χ3n) is 1.54. The summed E-state index contributed by atoms with van der Waals surface area (Å²) in [5.74, 6) is 0. The largest absolute Gasteiger partial charge is 0.314 e. The molecule has 0 nitrogen and oxygen atoms in total. The maximum atomic E-state index is 13.2. The van der Waals surface area contributed by atoms with Gasteiger partial charge in [0, 0.05) is 0 Å². The van der Waals surface area contributed by atoms with Gasteiger partial charge in [-0.3, -0.25) is 0 Å². The summed E-state index contributed by atoms with van der Waals surface area (Å²) in [5, 5.41) is 0. The van der Waals surface area contributed by atoms with Crippen LogP contribution in [0.2, 0.25) is 18.6 Å². The van der Waals surface area contributed by atoms with Gasteiger partial charge in [-0.2, -0.15) is 0 Å². The summed E-state index contributed by atoms with van der Waals surface area (Å²) in [5.41, 5.74) is 0. The molecule has 0 aromatic heterocycles. The van der Waals surface area contributed by atoms with Gasteiger partial charge in [-0.1, -0.05) is 26.7 Å². The van der Waals surface area contributed by atoms with E-state index in [1.807, 2.05) is 6.55 Å². The number of hydrogen-bond acceptors (Lipinski definition) is 0. The molecule has 0 aliphatic heterocycles. The lowest BCUT2D eigenvalue weighted by atomic mass is 10.6. The van der Waals surface area contributed by atoms with Crippen molar-refractivity contribution >= 4 is 8.41 Å². The van der Waals surface area contributed by atoms with Gasteiger partial charge in [-0.15, -0.1) is 0 Å². The Hall–Kier alpha value is 0.147. The lowest BCUT2D eigenvalue weighted by Gasteiger charge is -2.13. The highest BCUT2D eigenvalue weighted by Gasteiger charge is 2.24. The average Bonchev–Trinajstić information content (AvgIpc) is 1.64. The highest BCUT2D eigenvalue weighted by Crippen LogP contribution is 2.19. The fraction of sp³-hybridized carbons (Fsp3) is 1.00. The zero-order chi connectivity index (χ0) is 7.33. The molecule has 0 saturated heterocycles. The molecule has 0 aromatic carbocycles. The van der Waals surface area contributed by atoms with Gasteiger partial charge in [0.05, 0.1) is 0 Å². The quantitative estimate of drug-likeness (QED) is 0.423. The maximum absolute atomic E-state index is 13.2. The lowest BCUT2D eigenvalue weighted by molar-refractivity contribution is 0.741. The maximum Gasteiger partial charge on any atom is 0.243 e. The first-order valence-corrected chi connectivity index (χ1v) is 6.60. The van der Waals surface area contributed by atoms with Crippen LogP contribution in [0.15, 0.2) is 0 Å². The van der Waals surface area contributed by atoms with E-state index in [1.54, 1.807) is 0 Å². The molecule has 0 rings (SSSR count). The highest BCUT2D eigenvalue weighted by atomic mass is 28.4. The molecule has 0 fully saturated rings. The molecule has 0 radical (unpaired) electrons. The molecule has 0 aliphatic rings. The Labute approximate surface area is 58.6 Å². The van der Waals surface area contributed by atoms with E-state index < -0.39 is 8.41 Å². The van der Waals surface area contributed by atoms with E-state index in [0.717, 1.165) is 24.9 Å². The van der Waals surface area contributed by atoms with Gasteiger partial charge in [0.25, 0.3) is 0 Å². The van der Waals surface area contributed by atoms with Crippen LogP contribution < -0.4 is 0 Å². The van der Waals surface area contributed by atoms with E-state index in [2.05, 4.69) is 13.8 Å². The van der Waals surface area contributed by atoms with E-state index in [-0.39, 0.29) is 0 Å². The molecule has 0 aromatic rings. The third kappa shape index (κ3) is 4.64. The molecule has 0 spiro atoms. The van der Waals surface area contributed by atoms with Crippen LogP contribution in [0.3, 0.4) is 0 Å².